The van der Waals surface area contributed by atoms with Crippen molar-refractivity contribution in [3.8, 4) is 5.75 Å². The molecule has 6 nitrogen and oxygen atoms in total. The Morgan fingerprint density at radius 3 is 2.58 bits per heavy atom. The average molecular weight is 435 g/mol. The lowest BCUT2D eigenvalue weighted by molar-refractivity contribution is 0.0958. The van der Waals surface area contributed by atoms with Gasteiger partial charge in [-0.3, -0.25) is 14.5 Å². The SMILES string of the molecule is COc1ccc(CN(C(=O)c2cc(=O)c3cc(Cl)c(C)cc3o2)c2ccccn2)cc1. The first kappa shape index (κ1) is 20.6. The third-order valence-electron chi connectivity index (χ3n) is 4.89. The number of rotatable bonds is 5. The third-order valence-corrected chi connectivity index (χ3v) is 5.30. The highest BCUT2D eigenvalue weighted by Crippen LogP contribution is 2.24. The number of benzene rings is 2. The molecule has 1 amide bonds. The molecule has 156 valence electrons. The van der Waals surface area contributed by atoms with E-state index in [-0.39, 0.29) is 17.7 Å². The summed E-state index contributed by atoms with van der Waals surface area (Å²) in [6, 6.07) is 17.1. The van der Waals surface area contributed by atoms with Crippen LogP contribution in [0.3, 0.4) is 0 Å². The summed E-state index contributed by atoms with van der Waals surface area (Å²) in [4.78, 5) is 31.8. The van der Waals surface area contributed by atoms with Crippen molar-refractivity contribution in [2.45, 2.75) is 13.5 Å². The lowest BCUT2D eigenvalue weighted by Crippen LogP contribution is -2.31. The van der Waals surface area contributed by atoms with Crippen LogP contribution in [0, 0.1) is 6.92 Å². The van der Waals surface area contributed by atoms with E-state index in [0.29, 0.717) is 27.6 Å². The molecule has 0 spiro atoms. The number of fused-ring (bicyclic) bond motifs is 1. The van der Waals surface area contributed by atoms with E-state index in [1.54, 1.807) is 50.6 Å². The molecule has 0 saturated heterocycles. The molecule has 7 heteroatoms. The Balaban J connectivity index is 1.76. The standard InChI is InChI=1S/C24H19ClN2O4/c1-15-11-21-18(12-19(15)25)20(28)13-22(31-21)24(29)27(23-5-3-4-10-26-23)14-16-6-8-17(30-2)9-7-16/h3-13H,14H2,1-2H3. The van der Waals surface area contributed by atoms with Crippen molar-refractivity contribution in [1.82, 2.24) is 4.98 Å². The van der Waals surface area contributed by atoms with Crippen molar-refractivity contribution in [3.05, 3.63) is 99.0 Å². The van der Waals surface area contributed by atoms with Gasteiger partial charge >= 0.3 is 0 Å². The Labute approximate surface area is 183 Å². The fraction of sp³-hybridized carbons (Fsp3) is 0.125. The fourth-order valence-electron chi connectivity index (χ4n) is 3.20. The van der Waals surface area contributed by atoms with Crippen molar-refractivity contribution in [2.24, 2.45) is 0 Å². The first-order valence-corrected chi connectivity index (χ1v) is 9.94. The van der Waals surface area contributed by atoms with Gasteiger partial charge in [-0.15, -0.1) is 0 Å². The summed E-state index contributed by atoms with van der Waals surface area (Å²) >= 11 is 6.13. The summed E-state index contributed by atoms with van der Waals surface area (Å²) in [5, 5.41) is 0.792. The molecule has 2 aromatic carbocycles. The van der Waals surface area contributed by atoms with Gasteiger partial charge in [0, 0.05) is 17.3 Å². The molecule has 0 radical (unpaired) electrons. The van der Waals surface area contributed by atoms with Gasteiger partial charge in [-0.05, 0) is 54.4 Å². The molecule has 0 fully saturated rings. The van der Waals surface area contributed by atoms with Crippen LogP contribution in [-0.4, -0.2) is 18.0 Å². The highest BCUT2D eigenvalue weighted by Gasteiger charge is 2.23. The Morgan fingerprint density at radius 2 is 1.90 bits per heavy atom. The maximum atomic E-state index is 13.4. The summed E-state index contributed by atoms with van der Waals surface area (Å²) in [7, 11) is 1.59. The van der Waals surface area contributed by atoms with E-state index in [9.17, 15) is 9.59 Å². The van der Waals surface area contributed by atoms with Crippen LogP contribution in [0.1, 0.15) is 21.7 Å². The topological polar surface area (TPSA) is 72.6 Å². The van der Waals surface area contributed by atoms with Crippen molar-refractivity contribution in [1.29, 1.82) is 0 Å². The molecule has 2 heterocycles. The number of anilines is 1. The second-order valence-corrected chi connectivity index (χ2v) is 7.41. The minimum atomic E-state index is -0.471. The molecule has 4 aromatic rings. The van der Waals surface area contributed by atoms with E-state index < -0.39 is 5.91 Å². The molecule has 0 N–H and O–H groups in total. The number of amides is 1. The molecule has 0 unspecified atom stereocenters. The molecule has 2 aromatic heterocycles. The van der Waals surface area contributed by atoms with E-state index in [4.69, 9.17) is 20.8 Å². The Hall–Kier alpha value is -3.64. The molecule has 0 atom stereocenters. The lowest BCUT2D eigenvalue weighted by Gasteiger charge is -2.21. The normalized spacial score (nSPS) is 10.8. The van der Waals surface area contributed by atoms with Gasteiger partial charge in [0.05, 0.1) is 19.0 Å². The predicted octanol–water partition coefficient (Wildman–Crippen LogP) is 5.01. The first-order chi connectivity index (χ1) is 15.0. The van der Waals surface area contributed by atoms with Crippen molar-refractivity contribution < 1.29 is 13.9 Å². The van der Waals surface area contributed by atoms with Crippen LogP contribution in [0.15, 0.2) is 76.1 Å². The number of nitrogens with zero attached hydrogens (tertiary/aromatic N) is 2. The summed E-state index contributed by atoms with van der Waals surface area (Å²) < 4.78 is 11.0. The summed E-state index contributed by atoms with van der Waals surface area (Å²) in [5.41, 5.74) is 1.59. The quantitative estimate of drug-likeness (QED) is 0.441. The monoisotopic (exact) mass is 434 g/mol. The molecule has 4 rings (SSSR count). The minimum absolute atomic E-state index is 0.0709. The Kier molecular flexibility index (Phi) is 5.73. The van der Waals surface area contributed by atoms with Crippen molar-refractivity contribution >= 4 is 34.3 Å². The van der Waals surface area contributed by atoms with Crippen molar-refractivity contribution in [3.63, 3.8) is 0 Å². The molecular formula is C24H19ClN2O4. The zero-order valence-electron chi connectivity index (χ0n) is 17.0. The number of hydrogen-bond acceptors (Lipinski definition) is 5. The van der Waals surface area contributed by atoms with E-state index in [2.05, 4.69) is 4.98 Å². The van der Waals surface area contributed by atoms with Crippen LogP contribution in [-0.2, 0) is 6.54 Å². The Morgan fingerprint density at radius 1 is 1.13 bits per heavy atom. The van der Waals surface area contributed by atoms with E-state index in [1.807, 2.05) is 24.3 Å². The number of aryl methyl sites for hydroxylation is 1. The van der Waals surface area contributed by atoms with Gasteiger partial charge in [0.2, 0.25) is 0 Å². The van der Waals surface area contributed by atoms with Crippen LogP contribution < -0.4 is 15.1 Å². The smallest absolute Gasteiger partial charge is 0.295 e. The molecule has 0 aliphatic carbocycles. The highest BCUT2D eigenvalue weighted by molar-refractivity contribution is 6.32. The van der Waals surface area contributed by atoms with Gasteiger partial charge in [0.25, 0.3) is 5.91 Å². The maximum Gasteiger partial charge on any atom is 0.295 e. The van der Waals surface area contributed by atoms with Crippen LogP contribution >= 0.6 is 11.6 Å². The highest BCUT2D eigenvalue weighted by atomic mass is 35.5. The van der Waals surface area contributed by atoms with Gasteiger partial charge < -0.3 is 9.15 Å². The summed E-state index contributed by atoms with van der Waals surface area (Å²) in [5.74, 6) is 0.617. The van der Waals surface area contributed by atoms with Gasteiger partial charge in [-0.25, -0.2) is 4.98 Å². The predicted molar refractivity (Wildman–Crippen MR) is 120 cm³/mol. The average Bonchev–Trinajstić information content (AvgIpc) is 2.79. The zero-order chi connectivity index (χ0) is 22.0. The molecule has 0 bridgehead atoms. The van der Waals surface area contributed by atoms with E-state index >= 15 is 0 Å². The largest absolute Gasteiger partial charge is 0.497 e. The van der Waals surface area contributed by atoms with Gasteiger partial charge in [-0.2, -0.15) is 0 Å². The molecular weight excluding hydrogens is 416 g/mol. The van der Waals surface area contributed by atoms with Crippen LogP contribution in [0.4, 0.5) is 5.82 Å². The Bertz CT molecular complexity index is 1300. The molecule has 31 heavy (non-hydrogen) atoms. The number of hydrogen-bond donors (Lipinski definition) is 0. The maximum absolute atomic E-state index is 13.4. The number of pyridine rings is 1. The van der Waals surface area contributed by atoms with E-state index in [1.165, 1.54) is 11.0 Å². The molecule has 0 saturated carbocycles. The lowest BCUT2D eigenvalue weighted by atomic mass is 10.1. The number of carbonyl (C=O) groups excluding carboxylic acids is 1. The first-order valence-electron chi connectivity index (χ1n) is 9.56. The number of methoxy groups -OCH3 is 1. The second-order valence-electron chi connectivity index (χ2n) is 7.00. The van der Waals surface area contributed by atoms with Gasteiger partial charge in [0.1, 0.15) is 17.2 Å². The van der Waals surface area contributed by atoms with E-state index in [0.717, 1.165) is 11.1 Å². The number of carbonyl (C=O) groups is 1. The number of halogens is 1. The van der Waals surface area contributed by atoms with Crippen LogP contribution in [0.25, 0.3) is 11.0 Å². The minimum Gasteiger partial charge on any atom is -0.497 e. The fourth-order valence-corrected chi connectivity index (χ4v) is 3.36. The van der Waals surface area contributed by atoms with Crippen LogP contribution in [0.5, 0.6) is 5.75 Å². The second kappa shape index (κ2) is 8.62. The number of ether oxygens (including phenoxy) is 1. The number of aromatic nitrogens is 1. The summed E-state index contributed by atoms with van der Waals surface area (Å²) in [6.45, 7) is 2.04. The third kappa shape index (κ3) is 4.29. The van der Waals surface area contributed by atoms with Gasteiger partial charge in [0.15, 0.2) is 11.2 Å². The zero-order valence-corrected chi connectivity index (χ0v) is 17.7. The summed E-state index contributed by atoms with van der Waals surface area (Å²) in [6.07, 6.45) is 1.60. The molecule has 0 aliphatic rings. The molecule has 0 aliphatic heterocycles. The van der Waals surface area contributed by atoms with Crippen molar-refractivity contribution in [2.75, 3.05) is 12.0 Å². The van der Waals surface area contributed by atoms with Gasteiger partial charge in [-0.1, -0.05) is 29.8 Å². The van der Waals surface area contributed by atoms with Crippen LogP contribution in [0.2, 0.25) is 5.02 Å².